The minimum Gasteiger partial charge on any atom is -0.374 e. The van der Waals surface area contributed by atoms with Gasteiger partial charge in [0.05, 0.1) is 5.60 Å². The quantitative estimate of drug-likeness (QED) is 0.769. The molecule has 0 saturated carbocycles. The summed E-state index contributed by atoms with van der Waals surface area (Å²) in [5, 5.41) is 3.65. The van der Waals surface area contributed by atoms with E-state index in [1.807, 2.05) is 0 Å². The summed E-state index contributed by atoms with van der Waals surface area (Å²) in [6.07, 6.45) is 2.04. The Labute approximate surface area is 131 Å². The molecule has 0 heterocycles. The van der Waals surface area contributed by atoms with Crippen molar-refractivity contribution < 1.29 is 4.74 Å². The molecule has 2 nitrogen and oxygen atoms in total. The van der Waals surface area contributed by atoms with Gasteiger partial charge in [-0.2, -0.15) is 0 Å². The molecular formula is C19H33NO. The standard InChI is InChI=1S/C19H33NO/c1-8-19(7,21-10-3)18(20-9-2)13-17-15(5)11-14(4)12-16(17)6/h11-12,18,20H,8-10,13H2,1-7H3. The molecule has 1 N–H and O–H groups in total. The van der Waals surface area contributed by atoms with E-state index in [0.29, 0.717) is 6.04 Å². The minimum atomic E-state index is -0.117. The van der Waals surface area contributed by atoms with E-state index in [2.05, 4.69) is 65.9 Å². The number of ether oxygens (including phenoxy) is 1. The van der Waals surface area contributed by atoms with Gasteiger partial charge in [-0.3, -0.25) is 0 Å². The number of likely N-dealkylation sites (N-methyl/N-ethyl adjacent to an activating group) is 1. The molecule has 21 heavy (non-hydrogen) atoms. The van der Waals surface area contributed by atoms with E-state index >= 15 is 0 Å². The molecule has 0 fully saturated rings. The van der Waals surface area contributed by atoms with Crippen molar-refractivity contribution in [2.24, 2.45) is 0 Å². The summed E-state index contributed by atoms with van der Waals surface area (Å²) >= 11 is 0. The summed E-state index contributed by atoms with van der Waals surface area (Å²) in [5.41, 5.74) is 5.48. The number of nitrogens with one attached hydrogen (secondary N) is 1. The molecule has 0 aliphatic heterocycles. The zero-order valence-corrected chi connectivity index (χ0v) is 15.0. The van der Waals surface area contributed by atoms with Crippen LogP contribution in [0, 0.1) is 20.8 Å². The summed E-state index contributed by atoms with van der Waals surface area (Å²) in [4.78, 5) is 0. The van der Waals surface area contributed by atoms with Crippen LogP contribution in [0.15, 0.2) is 12.1 Å². The number of aryl methyl sites for hydroxylation is 3. The van der Waals surface area contributed by atoms with Gasteiger partial charge in [0.2, 0.25) is 0 Å². The number of benzene rings is 1. The van der Waals surface area contributed by atoms with E-state index in [-0.39, 0.29) is 5.60 Å². The molecule has 0 radical (unpaired) electrons. The van der Waals surface area contributed by atoms with Crippen LogP contribution in [0.2, 0.25) is 0 Å². The SMILES string of the molecule is CCNC(Cc1c(C)cc(C)cc1C)C(C)(CC)OCC. The average molecular weight is 291 g/mol. The number of hydrogen-bond donors (Lipinski definition) is 1. The molecule has 0 amide bonds. The zero-order chi connectivity index (χ0) is 16.0. The van der Waals surface area contributed by atoms with Gasteiger partial charge < -0.3 is 10.1 Å². The lowest BCUT2D eigenvalue weighted by Crippen LogP contribution is -2.51. The van der Waals surface area contributed by atoms with Crippen molar-refractivity contribution in [3.8, 4) is 0 Å². The smallest absolute Gasteiger partial charge is 0.0807 e. The van der Waals surface area contributed by atoms with E-state index in [1.54, 1.807) is 0 Å². The molecule has 1 rings (SSSR count). The molecule has 2 heteroatoms. The van der Waals surface area contributed by atoms with E-state index in [4.69, 9.17) is 4.74 Å². The van der Waals surface area contributed by atoms with E-state index in [1.165, 1.54) is 22.3 Å². The van der Waals surface area contributed by atoms with Crippen LogP contribution in [0.1, 0.15) is 56.4 Å². The molecule has 1 aromatic rings. The summed E-state index contributed by atoms with van der Waals surface area (Å²) in [6, 6.07) is 4.91. The molecule has 0 saturated heterocycles. The highest BCUT2D eigenvalue weighted by molar-refractivity contribution is 5.38. The van der Waals surface area contributed by atoms with E-state index < -0.39 is 0 Å². The highest BCUT2D eigenvalue weighted by Gasteiger charge is 2.33. The number of rotatable bonds is 8. The first-order valence-corrected chi connectivity index (χ1v) is 8.32. The topological polar surface area (TPSA) is 21.3 Å². The van der Waals surface area contributed by atoms with Crippen LogP contribution in [0.4, 0.5) is 0 Å². The average Bonchev–Trinajstić information content (AvgIpc) is 2.41. The third-order valence-corrected chi connectivity index (χ3v) is 4.61. The molecule has 2 atom stereocenters. The summed E-state index contributed by atoms with van der Waals surface area (Å²) < 4.78 is 6.11. The van der Waals surface area contributed by atoms with Crippen molar-refractivity contribution in [2.45, 2.75) is 73.0 Å². The van der Waals surface area contributed by atoms with Crippen molar-refractivity contribution in [3.05, 3.63) is 34.4 Å². The van der Waals surface area contributed by atoms with Crippen LogP contribution < -0.4 is 5.32 Å². The first kappa shape index (κ1) is 18.2. The first-order valence-electron chi connectivity index (χ1n) is 8.32. The van der Waals surface area contributed by atoms with Gasteiger partial charge in [0.25, 0.3) is 0 Å². The van der Waals surface area contributed by atoms with Crippen molar-refractivity contribution in [2.75, 3.05) is 13.2 Å². The van der Waals surface area contributed by atoms with Crippen LogP contribution in [0.25, 0.3) is 0 Å². The molecule has 1 aromatic carbocycles. The van der Waals surface area contributed by atoms with Gasteiger partial charge in [-0.05, 0) is 70.7 Å². The second-order valence-electron chi connectivity index (χ2n) is 6.29. The maximum absolute atomic E-state index is 6.11. The highest BCUT2D eigenvalue weighted by Crippen LogP contribution is 2.26. The minimum absolute atomic E-state index is 0.117. The van der Waals surface area contributed by atoms with Gasteiger partial charge in [0, 0.05) is 12.6 Å². The molecule has 0 aliphatic rings. The monoisotopic (exact) mass is 291 g/mol. The molecule has 0 spiro atoms. The van der Waals surface area contributed by atoms with E-state index in [9.17, 15) is 0 Å². The van der Waals surface area contributed by atoms with Gasteiger partial charge in [0.15, 0.2) is 0 Å². The second kappa shape index (κ2) is 7.95. The maximum atomic E-state index is 6.11. The Morgan fingerprint density at radius 2 is 1.67 bits per heavy atom. The molecular weight excluding hydrogens is 258 g/mol. The van der Waals surface area contributed by atoms with E-state index in [0.717, 1.165) is 26.0 Å². The second-order valence-corrected chi connectivity index (χ2v) is 6.29. The molecule has 0 aliphatic carbocycles. The third-order valence-electron chi connectivity index (χ3n) is 4.61. The Morgan fingerprint density at radius 1 is 1.10 bits per heavy atom. The zero-order valence-electron chi connectivity index (χ0n) is 15.0. The predicted molar refractivity (Wildman–Crippen MR) is 92.1 cm³/mol. The van der Waals surface area contributed by atoms with Crippen LogP contribution in [0.5, 0.6) is 0 Å². The summed E-state index contributed by atoms with van der Waals surface area (Å²) in [7, 11) is 0. The Hall–Kier alpha value is -0.860. The van der Waals surface area contributed by atoms with Crippen molar-refractivity contribution in [1.82, 2.24) is 5.32 Å². The summed E-state index contributed by atoms with van der Waals surface area (Å²) in [6.45, 7) is 17.1. The van der Waals surface area contributed by atoms with Crippen LogP contribution in [0.3, 0.4) is 0 Å². The lowest BCUT2D eigenvalue weighted by molar-refractivity contribution is -0.0547. The van der Waals surface area contributed by atoms with Gasteiger partial charge in [-0.25, -0.2) is 0 Å². The van der Waals surface area contributed by atoms with Crippen molar-refractivity contribution in [3.63, 3.8) is 0 Å². The van der Waals surface area contributed by atoms with Crippen LogP contribution >= 0.6 is 0 Å². The maximum Gasteiger partial charge on any atom is 0.0807 e. The fourth-order valence-corrected chi connectivity index (χ4v) is 3.27. The molecule has 2 unspecified atom stereocenters. The van der Waals surface area contributed by atoms with Crippen molar-refractivity contribution in [1.29, 1.82) is 0 Å². The Balaban J connectivity index is 3.08. The normalized spacial score (nSPS) is 15.8. The van der Waals surface area contributed by atoms with Gasteiger partial charge >= 0.3 is 0 Å². The molecule has 0 aromatic heterocycles. The van der Waals surface area contributed by atoms with Gasteiger partial charge in [-0.15, -0.1) is 0 Å². The Kier molecular flexibility index (Phi) is 6.89. The first-order chi connectivity index (χ1) is 9.87. The molecule has 0 bridgehead atoms. The van der Waals surface area contributed by atoms with Crippen LogP contribution in [-0.2, 0) is 11.2 Å². The summed E-state index contributed by atoms with van der Waals surface area (Å²) in [5.74, 6) is 0. The predicted octanol–water partition coefficient (Wildman–Crippen LogP) is 4.34. The number of hydrogen-bond acceptors (Lipinski definition) is 2. The van der Waals surface area contributed by atoms with Gasteiger partial charge in [0.1, 0.15) is 0 Å². The third kappa shape index (κ3) is 4.55. The van der Waals surface area contributed by atoms with Crippen molar-refractivity contribution >= 4 is 0 Å². The Morgan fingerprint density at radius 3 is 2.10 bits per heavy atom. The largest absolute Gasteiger partial charge is 0.374 e. The lowest BCUT2D eigenvalue weighted by Gasteiger charge is -2.38. The van der Waals surface area contributed by atoms with Crippen LogP contribution in [-0.4, -0.2) is 24.8 Å². The fourth-order valence-electron chi connectivity index (χ4n) is 3.27. The Bertz CT molecular complexity index is 432. The molecule has 120 valence electrons. The lowest BCUT2D eigenvalue weighted by atomic mass is 9.85. The fraction of sp³-hybridized carbons (Fsp3) is 0.684. The van der Waals surface area contributed by atoms with Gasteiger partial charge in [-0.1, -0.05) is 31.5 Å². The highest BCUT2D eigenvalue weighted by atomic mass is 16.5.